The molecule has 4 saturated carbocycles. The highest BCUT2D eigenvalue weighted by Crippen LogP contribution is 2.68. The SMILES string of the molecule is [2H]C1([2H])CC2(C)C3CCC4(C)C(C(C)CCC(=O)NCCS(=O)(=O)O)CCC4C3C(O)C(O)C2C([2H])([2H])C1O. The molecule has 4 aliphatic rings. The minimum absolute atomic E-state index is 0.0540. The molecule has 1 amide bonds. The molecule has 0 aromatic rings. The van der Waals surface area contributed by atoms with E-state index in [-0.39, 0.29) is 60.3 Å². The van der Waals surface area contributed by atoms with E-state index in [2.05, 4.69) is 19.2 Å². The Hall–Kier alpha value is -0.740. The van der Waals surface area contributed by atoms with Crippen LogP contribution in [0.5, 0.6) is 0 Å². The average Bonchev–Trinajstić information content (AvgIpc) is 3.15. The highest BCUT2D eigenvalue weighted by molar-refractivity contribution is 7.85. The van der Waals surface area contributed by atoms with Gasteiger partial charge in [0.1, 0.15) is 0 Å². The number of rotatable bonds is 7. The lowest BCUT2D eigenvalue weighted by molar-refractivity contribution is -0.223. The Morgan fingerprint density at radius 2 is 1.74 bits per heavy atom. The number of nitrogens with one attached hydrogen (secondary N) is 1. The van der Waals surface area contributed by atoms with Crippen molar-refractivity contribution < 1.29 is 38.6 Å². The maximum absolute atomic E-state index is 12.2. The zero-order chi connectivity index (χ0) is 29.3. The summed E-state index contributed by atoms with van der Waals surface area (Å²) in [5.74, 6) is -1.92. The maximum atomic E-state index is 12.2. The van der Waals surface area contributed by atoms with Crippen LogP contribution in [0, 0.1) is 46.3 Å². The normalized spacial score (nSPS) is 50.8. The molecular weight excluding hydrogens is 470 g/mol. The molecule has 0 saturated heterocycles. The van der Waals surface area contributed by atoms with Crippen LogP contribution in [-0.4, -0.2) is 64.8 Å². The molecule has 0 radical (unpaired) electrons. The Labute approximate surface area is 215 Å². The summed E-state index contributed by atoms with van der Waals surface area (Å²) in [6.45, 7) is 6.01. The molecule has 8 nitrogen and oxygen atoms in total. The van der Waals surface area contributed by atoms with Gasteiger partial charge in [-0.3, -0.25) is 9.35 Å². The third-order valence-electron chi connectivity index (χ3n) is 10.3. The molecule has 0 aromatic heterocycles. The summed E-state index contributed by atoms with van der Waals surface area (Å²) in [6.07, 6.45) is -5.10. The van der Waals surface area contributed by atoms with Crippen LogP contribution in [0.2, 0.25) is 0 Å². The van der Waals surface area contributed by atoms with Crippen LogP contribution in [0.15, 0.2) is 0 Å². The van der Waals surface area contributed by atoms with E-state index in [1.165, 1.54) is 0 Å². The summed E-state index contributed by atoms with van der Waals surface area (Å²) in [4.78, 5) is 12.2. The lowest BCUT2D eigenvalue weighted by Crippen LogP contribution is -2.64. The Morgan fingerprint density at radius 3 is 2.43 bits per heavy atom. The van der Waals surface area contributed by atoms with E-state index in [0.717, 1.165) is 19.3 Å². The van der Waals surface area contributed by atoms with Gasteiger partial charge in [0.2, 0.25) is 5.91 Å². The molecule has 202 valence electrons. The van der Waals surface area contributed by atoms with Gasteiger partial charge in [0.25, 0.3) is 10.1 Å². The van der Waals surface area contributed by atoms with Crippen LogP contribution in [0.1, 0.15) is 83.9 Å². The molecule has 5 N–H and O–H groups in total. The molecule has 4 rings (SSSR count). The van der Waals surface area contributed by atoms with Crippen molar-refractivity contribution in [1.29, 1.82) is 0 Å². The summed E-state index contributed by atoms with van der Waals surface area (Å²) < 4.78 is 64.7. The predicted molar refractivity (Wildman–Crippen MR) is 132 cm³/mol. The van der Waals surface area contributed by atoms with Crippen molar-refractivity contribution in [1.82, 2.24) is 5.32 Å². The minimum atomic E-state index is -4.14. The van der Waals surface area contributed by atoms with Crippen molar-refractivity contribution in [2.45, 2.75) is 96.8 Å². The van der Waals surface area contributed by atoms with E-state index in [1.807, 2.05) is 6.92 Å². The number of fused-ring (bicyclic) bond motifs is 5. The smallest absolute Gasteiger partial charge is 0.266 e. The molecule has 0 aromatic carbocycles. The molecule has 0 bridgehead atoms. The molecule has 9 heteroatoms. The first-order valence-electron chi connectivity index (χ1n) is 15.0. The maximum Gasteiger partial charge on any atom is 0.266 e. The third kappa shape index (κ3) is 5.05. The topological polar surface area (TPSA) is 144 Å². The number of amides is 1. The van der Waals surface area contributed by atoms with E-state index >= 15 is 0 Å². The lowest BCUT2D eigenvalue weighted by Gasteiger charge is -2.63. The number of aliphatic hydroxyl groups is 3. The average molecular weight is 520 g/mol. The standard InChI is InChI=1S/C26H45NO7S/c1-15(4-7-21(29)27-12-13-35(32,33)34)17-5-6-18-22-19(9-11-25(17,18)2)26(3)10-8-16(28)14-20(26)23(30)24(22)31/h15-20,22-24,28,30-31H,4-14H2,1-3H3,(H,27,29)(H,32,33,34)/i8D2,14D2. The molecule has 0 spiro atoms. The Morgan fingerprint density at radius 1 is 1.06 bits per heavy atom. The van der Waals surface area contributed by atoms with E-state index in [0.29, 0.717) is 12.8 Å². The van der Waals surface area contributed by atoms with Crippen molar-refractivity contribution in [3.63, 3.8) is 0 Å². The number of carbonyl (C=O) groups is 1. The second kappa shape index (κ2) is 9.86. The first-order valence-corrected chi connectivity index (χ1v) is 14.6. The summed E-state index contributed by atoms with van der Waals surface area (Å²) in [6, 6.07) is 0. The molecule has 11 atom stereocenters. The summed E-state index contributed by atoms with van der Waals surface area (Å²) in [7, 11) is -4.14. The van der Waals surface area contributed by atoms with Gasteiger partial charge >= 0.3 is 0 Å². The van der Waals surface area contributed by atoms with E-state index < -0.39 is 58.3 Å². The van der Waals surface area contributed by atoms with Crippen molar-refractivity contribution in [3.8, 4) is 0 Å². The van der Waals surface area contributed by atoms with Gasteiger partial charge in [0.15, 0.2) is 0 Å². The van der Waals surface area contributed by atoms with Gasteiger partial charge in [0.05, 0.1) is 24.1 Å². The fourth-order valence-corrected chi connectivity index (χ4v) is 8.86. The molecule has 0 aliphatic heterocycles. The van der Waals surface area contributed by atoms with Crippen LogP contribution in [0.4, 0.5) is 0 Å². The molecule has 4 aliphatic carbocycles. The monoisotopic (exact) mass is 519 g/mol. The largest absolute Gasteiger partial charge is 0.393 e. The molecule has 35 heavy (non-hydrogen) atoms. The van der Waals surface area contributed by atoms with Gasteiger partial charge in [0, 0.05) is 18.4 Å². The zero-order valence-electron chi connectivity index (χ0n) is 25.0. The van der Waals surface area contributed by atoms with Crippen LogP contribution >= 0.6 is 0 Å². The van der Waals surface area contributed by atoms with E-state index in [4.69, 9.17) is 10.0 Å². The Kier molecular flexibility index (Phi) is 6.27. The highest BCUT2D eigenvalue weighted by atomic mass is 32.2. The zero-order valence-corrected chi connectivity index (χ0v) is 21.8. The first kappa shape index (κ1) is 22.3. The second-order valence-corrected chi connectivity index (χ2v) is 13.7. The van der Waals surface area contributed by atoms with Crippen LogP contribution in [0.3, 0.4) is 0 Å². The van der Waals surface area contributed by atoms with Crippen LogP contribution in [0.25, 0.3) is 0 Å². The van der Waals surface area contributed by atoms with E-state index in [1.54, 1.807) is 0 Å². The number of hydrogen-bond acceptors (Lipinski definition) is 6. The van der Waals surface area contributed by atoms with Gasteiger partial charge in [-0.05, 0) is 97.6 Å². The quantitative estimate of drug-likeness (QED) is 0.325. The van der Waals surface area contributed by atoms with Gasteiger partial charge in [-0.2, -0.15) is 8.42 Å². The van der Waals surface area contributed by atoms with Crippen LogP contribution < -0.4 is 5.32 Å². The minimum Gasteiger partial charge on any atom is -0.393 e. The first-order chi connectivity index (χ1) is 17.8. The van der Waals surface area contributed by atoms with Crippen molar-refractivity contribution in [2.75, 3.05) is 12.3 Å². The second-order valence-electron chi connectivity index (χ2n) is 12.1. The number of aliphatic hydroxyl groups excluding tert-OH is 3. The fourth-order valence-electron chi connectivity index (χ4n) is 8.50. The predicted octanol–water partition coefficient (Wildman–Crippen LogP) is 2.37. The molecular formula is C26H45NO7S. The fraction of sp³-hybridized carbons (Fsp3) is 0.962. The van der Waals surface area contributed by atoms with Gasteiger partial charge in [-0.1, -0.05) is 20.8 Å². The third-order valence-corrected chi connectivity index (χ3v) is 11.0. The van der Waals surface area contributed by atoms with Gasteiger partial charge in [-0.15, -0.1) is 0 Å². The highest BCUT2D eigenvalue weighted by Gasteiger charge is 2.65. The summed E-state index contributed by atoms with van der Waals surface area (Å²) >= 11 is 0. The Balaban J connectivity index is 1.50. The van der Waals surface area contributed by atoms with Crippen LogP contribution in [-0.2, 0) is 14.9 Å². The lowest BCUT2D eigenvalue weighted by atomic mass is 9.43. The molecule has 0 heterocycles. The number of hydrogen-bond donors (Lipinski definition) is 5. The van der Waals surface area contributed by atoms with Crippen molar-refractivity contribution in [2.24, 2.45) is 46.3 Å². The molecule has 4 fully saturated rings. The van der Waals surface area contributed by atoms with Gasteiger partial charge < -0.3 is 20.6 Å². The van der Waals surface area contributed by atoms with Crippen molar-refractivity contribution >= 4 is 16.0 Å². The number of carbonyl (C=O) groups excluding carboxylic acids is 1. The molecule has 11 unspecified atom stereocenters. The summed E-state index contributed by atoms with van der Waals surface area (Å²) in [5.41, 5.74) is -1.10. The summed E-state index contributed by atoms with van der Waals surface area (Å²) in [5, 5.41) is 35.9. The Bertz CT molecular complexity index is 1060. The van der Waals surface area contributed by atoms with Crippen molar-refractivity contribution in [3.05, 3.63) is 0 Å². The van der Waals surface area contributed by atoms with E-state index in [9.17, 15) is 28.5 Å². The van der Waals surface area contributed by atoms with Gasteiger partial charge in [-0.25, -0.2) is 0 Å².